The van der Waals surface area contributed by atoms with E-state index in [1.54, 1.807) is 57.6 Å². The van der Waals surface area contributed by atoms with E-state index >= 15 is 0 Å². The average molecular weight is 322 g/mol. The molecule has 1 aliphatic heterocycles. The molecule has 3 rings (SSSR count). The molecule has 1 N–H and O–H groups in total. The highest BCUT2D eigenvalue weighted by molar-refractivity contribution is 6.32. The Kier molecular flexibility index (Phi) is 4.04. The summed E-state index contributed by atoms with van der Waals surface area (Å²) in [6.45, 7) is 1.80. The molecule has 1 aromatic heterocycles. The van der Waals surface area contributed by atoms with Gasteiger partial charge in [-0.3, -0.25) is 9.59 Å². The van der Waals surface area contributed by atoms with Gasteiger partial charge in [-0.2, -0.15) is 10.1 Å². The van der Waals surface area contributed by atoms with E-state index in [9.17, 15) is 9.59 Å². The fraction of sp³-hybridized carbons (Fsp3) is 0.167. The third kappa shape index (κ3) is 2.86. The second kappa shape index (κ2) is 6.16. The molecular weight excluding hydrogens is 304 g/mol. The lowest BCUT2D eigenvalue weighted by Gasteiger charge is -2.14. The lowest BCUT2D eigenvalue weighted by Crippen LogP contribution is -2.23. The number of hydrogen-bond acceptors (Lipinski definition) is 3. The summed E-state index contributed by atoms with van der Waals surface area (Å²) in [7, 11) is 3.40. The minimum absolute atomic E-state index is 0.0821. The predicted octanol–water partition coefficient (Wildman–Crippen LogP) is 2.52. The predicted molar refractivity (Wildman–Crippen MR) is 93.8 cm³/mol. The van der Waals surface area contributed by atoms with Crippen molar-refractivity contribution in [1.82, 2.24) is 9.88 Å². The van der Waals surface area contributed by atoms with Crippen LogP contribution in [0.3, 0.4) is 0 Å². The molecule has 0 saturated heterocycles. The molecule has 0 spiro atoms. The summed E-state index contributed by atoms with van der Waals surface area (Å²) in [5, 5.41) is 5.69. The van der Waals surface area contributed by atoms with Crippen molar-refractivity contribution in [2.75, 3.05) is 19.1 Å². The number of anilines is 1. The van der Waals surface area contributed by atoms with Gasteiger partial charge in [-0.25, -0.2) is 0 Å². The number of nitrogens with one attached hydrogen (secondary N) is 1. The maximum atomic E-state index is 12.6. The molecule has 1 aliphatic rings. The first-order valence-electron chi connectivity index (χ1n) is 7.54. The van der Waals surface area contributed by atoms with Crippen LogP contribution in [0.2, 0.25) is 0 Å². The fourth-order valence-corrected chi connectivity index (χ4v) is 2.45. The summed E-state index contributed by atoms with van der Waals surface area (Å²) in [4.78, 5) is 29.1. The minimum Gasteiger partial charge on any atom is -0.362 e. The number of carbonyl (C=O) groups excluding carboxylic acids is 2. The van der Waals surface area contributed by atoms with E-state index in [0.717, 1.165) is 5.69 Å². The molecule has 0 atom stereocenters. The zero-order valence-corrected chi connectivity index (χ0v) is 13.8. The molecule has 0 radical (unpaired) electrons. The molecule has 122 valence electrons. The Bertz CT molecular complexity index is 830. The van der Waals surface area contributed by atoms with Crippen molar-refractivity contribution in [3.63, 3.8) is 0 Å². The van der Waals surface area contributed by atoms with E-state index in [1.165, 1.54) is 9.91 Å². The highest BCUT2D eigenvalue weighted by Crippen LogP contribution is 2.25. The minimum atomic E-state index is -0.186. The van der Waals surface area contributed by atoms with Gasteiger partial charge in [0.2, 0.25) is 0 Å². The number of aromatic amines is 1. The first-order chi connectivity index (χ1) is 11.5. The first-order valence-corrected chi connectivity index (χ1v) is 7.54. The Labute approximate surface area is 140 Å². The Morgan fingerprint density at radius 2 is 1.92 bits per heavy atom. The van der Waals surface area contributed by atoms with Crippen LogP contribution in [0.15, 0.2) is 53.3 Å². The third-order valence-electron chi connectivity index (χ3n) is 3.75. The Morgan fingerprint density at radius 3 is 2.50 bits per heavy atom. The van der Waals surface area contributed by atoms with Crippen LogP contribution in [0.1, 0.15) is 23.0 Å². The van der Waals surface area contributed by atoms with Crippen LogP contribution in [-0.2, 0) is 4.79 Å². The van der Waals surface area contributed by atoms with Gasteiger partial charge >= 0.3 is 0 Å². The summed E-state index contributed by atoms with van der Waals surface area (Å²) in [6, 6.07) is 10.6. The molecule has 0 fully saturated rings. The molecule has 24 heavy (non-hydrogen) atoms. The van der Waals surface area contributed by atoms with Gasteiger partial charge in [0.25, 0.3) is 11.8 Å². The van der Waals surface area contributed by atoms with Crippen LogP contribution in [-0.4, -0.2) is 41.5 Å². The fourth-order valence-electron chi connectivity index (χ4n) is 2.45. The quantitative estimate of drug-likeness (QED) is 0.882. The highest BCUT2D eigenvalue weighted by Gasteiger charge is 2.28. The summed E-state index contributed by atoms with van der Waals surface area (Å²) < 4.78 is 0. The molecule has 0 aliphatic carbocycles. The highest BCUT2D eigenvalue weighted by atomic mass is 16.2. The number of nitrogens with zero attached hydrogens (tertiary/aromatic N) is 3. The van der Waals surface area contributed by atoms with Crippen molar-refractivity contribution in [1.29, 1.82) is 0 Å². The van der Waals surface area contributed by atoms with E-state index < -0.39 is 0 Å². The van der Waals surface area contributed by atoms with E-state index in [0.29, 0.717) is 22.5 Å². The van der Waals surface area contributed by atoms with Gasteiger partial charge in [-0.15, -0.1) is 0 Å². The average Bonchev–Trinajstić information content (AvgIpc) is 3.18. The smallest absolute Gasteiger partial charge is 0.280 e. The standard InChI is InChI=1S/C18H18N4O2/c1-12-16(11-14-5-4-10-19-14)18(24)22(20-12)15-8-6-13(7-9-15)17(23)21(2)3/h4-11,19H,1-3H3/b16-11-. The van der Waals surface area contributed by atoms with Gasteiger partial charge in [0.15, 0.2) is 0 Å². The number of hydrazone groups is 1. The van der Waals surface area contributed by atoms with E-state index in [-0.39, 0.29) is 11.8 Å². The lowest BCUT2D eigenvalue weighted by molar-refractivity contribution is -0.114. The van der Waals surface area contributed by atoms with Crippen LogP contribution >= 0.6 is 0 Å². The zero-order valence-electron chi connectivity index (χ0n) is 13.8. The SMILES string of the molecule is CC1=NN(c2ccc(C(=O)N(C)C)cc2)C(=O)/C1=C\c1ccc[nH]1. The summed E-state index contributed by atoms with van der Waals surface area (Å²) in [6.07, 6.45) is 3.58. The van der Waals surface area contributed by atoms with Gasteiger partial charge in [-0.05, 0) is 49.4 Å². The van der Waals surface area contributed by atoms with Crippen molar-refractivity contribution < 1.29 is 9.59 Å². The van der Waals surface area contributed by atoms with E-state index in [2.05, 4.69) is 10.1 Å². The first kappa shape index (κ1) is 15.7. The van der Waals surface area contributed by atoms with Crippen molar-refractivity contribution in [2.24, 2.45) is 5.10 Å². The second-order valence-corrected chi connectivity index (χ2v) is 5.73. The van der Waals surface area contributed by atoms with Gasteiger partial charge in [0, 0.05) is 31.5 Å². The molecule has 2 aromatic rings. The van der Waals surface area contributed by atoms with Crippen LogP contribution in [0, 0.1) is 0 Å². The van der Waals surface area contributed by atoms with Crippen molar-refractivity contribution >= 4 is 29.3 Å². The molecule has 6 nitrogen and oxygen atoms in total. The number of H-pyrrole nitrogens is 1. The molecule has 6 heteroatoms. The van der Waals surface area contributed by atoms with E-state index in [4.69, 9.17) is 0 Å². The number of aromatic nitrogens is 1. The van der Waals surface area contributed by atoms with Crippen LogP contribution in [0.4, 0.5) is 5.69 Å². The normalized spacial score (nSPS) is 15.8. The number of carbonyl (C=O) groups is 2. The van der Waals surface area contributed by atoms with Gasteiger partial charge < -0.3 is 9.88 Å². The zero-order chi connectivity index (χ0) is 17.3. The number of rotatable bonds is 3. The molecule has 0 unspecified atom stereocenters. The summed E-state index contributed by atoms with van der Waals surface area (Å²) >= 11 is 0. The van der Waals surface area contributed by atoms with Crippen LogP contribution in [0.25, 0.3) is 6.08 Å². The molecule has 2 heterocycles. The van der Waals surface area contributed by atoms with Crippen molar-refractivity contribution in [2.45, 2.75) is 6.92 Å². The summed E-state index contributed by atoms with van der Waals surface area (Å²) in [5.74, 6) is -0.268. The Balaban J connectivity index is 1.86. The van der Waals surface area contributed by atoms with Crippen LogP contribution < -0.4 is 5.01 Å². The lowest BCUT2D eigenvalue weighted by atomic mass is 10.1. The molecular formula is C18H18N4O2. The number of amides is 2. The molecule has 0 bridgehead atoms. The van der Waals surface area contributed by atoms with Gasteiger partial charge in [-0.1, -0.05) is 0 Å². The molecule has 1 aromatic carbocycles. The largest absolute Gasteiger partial charge is 0.362 e. The van der Waals surface area contributed by atoms with Crippen LogP contribution in [0.5, 0.6) is 0 Å². The van der Waals surface area contributed by atoms with E-state index in [1.807, 2.05) is 12.1 Å². The van der Waals surface area contributed by atoms with Crippen molar-refractivity contribution in [3.8, 4) is 0 Å². The van der Waals surface area contributed by atoms with Gasteiger partial charge in [0.1, 0.15) is 0 Å². The molecule has 0 saturated carbocycles. The second-order valence-electron chi connectivity index (χ2n) is 5.73. The number of hydrogen-bond donors (Lipinski definition) is 1. The Morgan fingerprint density at radius 1 is 1.21 bits per heavy atom. The maximum absolute atomic E-state index is 12.6. The molecule has 2 amide bonds. The maximum Gasteiger partial charge on any atom is 0.280 e. The monoisotopic (exact) mass is 322 g/mol. The Hall–Kier alpha value is -3.15. The van der Waals surface area contributed by atoms with Gasteiger partial charge in [0.05, 0.1) is 17.0 Å². The number of benzene rings is 1. The third-order valence-corrected chi connectivity index (χ3v) is 3.75. The topological polar surface area (TPSA) is 68.8 Å². The van der Waals surface area contributed by atoms with Crippen molar-refractivity contribution in [3.05, 3.63) is 59.4 Å². The summed E-state index contributed by atoms with van der Waals surface area (Å²) in [5.41, 5.74) is 3.25.